The normalized spacial score (nSPS) is 11.5. The number of benzene rings is 1. The van der Waals surface area contributed by atoms with Crippen LogP contribution in [0.15, 0.2) is 34.9 Å². The fourth-order valence-corrected chi connectivity index (χ4v) is 3.62. The van der Waals surface area contributed by atoms with E-state index in [4.69, 9.17) is 10.3 Å². The molecule has 2 N–H and O–H groups in total. The molecule has 1 aromatic heterocycles. The SMILES string of the molecule is CCCN(c1cccc(N)c1)S(=O)(=O)Cc1cc(C)on1. The number of aryl methyl sites for hydroxylation is 1. The lowest BCUT2D eigenvalue weighted by Gasteiger charge is -2.23. The Morgan fingerprint density at radius 2 is 2.10 bits per heavy atom. The summed E-state index contributed by atoms with van der Waals surface area (Å²) in [6.45, 7) is 4.04. The van der Waals surface area contributed by atoms with Gasteiger partial charge in [0.2, 0.25) is 10.0 Å². The minimum atomic E-state index is -3.54. The quantitative estimate of drug-likeness (QED) is 0.827. The fraction of sp³-hybridized carbons (Fsp3) is 0.357. The summed E-state index contributed by atoms with van der Waals surface area (Å²) in [4.78, 5) is 0. The molecule has 0 amide bonds. The molecule has 1 aromatic carbocycles. The van der Waals surface area contributed by atoms with E-state index >= 15 is 0 Å². The van der Waals surface area contributed by atoms with Crippen molar-refractivity contribution in [1.29, 1.82) is 0 Å². The van der Waals surface area contributed by atoms with E-state index in [2.05, 4.69) is 5.16 Å². The molecule has 2 aromatic rings. The predicted octanol–water partition coefficient (Wildman–Crippen LogP) is 2.31. The van der Waals surface area contributed by atoms with Crippen LogP contribution in [0.4, 0.5) is 11.4 Å². The van der Waals surface area contributed by atoms with Crippen molar-refractivity contribution in [2.45, 2.75) is 26.0 Å². The summed E-state index contributed by atoms with van der Waals surface area (Å²) < 4.78 is 31.5. The molecule has 0 saturated heterocycles. The van der Waals surface area contributed by atoms with Gasteiger partial charge in [0.15, 0.2) is 0 Å². The van der Waals surface area contributed by atoms with Crippen LogP contribution in [0.1, 0.15) is 24.8 Å². The monoisotopic (exact) mass is 309 g/mol. The predicted molar refractivity (Wildman–Crippen MR) is 82.4 cm³/mol. The van der Waals surface area contributed by atoms with Gasteiger partial charge in [0.1, 0.15) is 17.2 Å². The van der Waals surface area contributed by atoms with E-state index in [0.29, 0.717) is 35.8 Å². The molecule has 0 radical (unpaired) electrons. The second-order valence-electron chi connectivity index (χ2n) is 4.85. The van der Waals surface area contributed by atoms with Crippen molar-refractivity contribution in [3.63, 3.8) is 0 Å². The lowest BCUT2D eigenvalue weighted by Crippen LogP contribution is -2.33. The highest BCUT2D eigenvalue weighted by Gasteiger charge is 2.24. The Morgan fingerprint density at radius 1 is 1.33 bits per heavy atom. The molecule has 21 heavy (non-hydrogen) atoms. The number of hydrogen-bond acceptors (Lipinski definition) is 5. The van der Waals surface area contributed by atoms with Crippen LogP contribution in [0.25, 0.3) is 0 Å². The van der Waals surface area contributed by atoms with Crippen LogP contribution >= 0.6 is 0 Å². The first-order valence-electron chi connectivity index (χ1n) is 6.70. The molecule has 0 aliphatic rings. The van der Waals surface area contributed by atoms with Crippen molar-refractivity contribution in [1.82, 2.24) is 5.16 Å². The highest BCUT2D eigenvalue weighted by atomic mass is 32.2. The Kier molecular flexibility index (Phi) is 4.52. The summed E-state index contributed by atoms with van der Waals surface area (Å²) in [5.74, 6) is 0.394. The summed E-state index contributed by atoms with van der Waals surface area (Å²) in [6.07, 6.45) is 0.700. The molecular weight excluding hydrogens is 290 g/mol. The van der Waals surface area contributed by atoms with Crippen molar-refractivity contribution < 1.29 is 12.9 Å². The summed E-state index contributed by atoms with van der Waals surface area (Å²) in [5.41, 5.74) is 7.24. The zero-order valence-corrected chi connectivity index (χ0v) is 12.9. The lowest BCUT2D eigenvalue weighted by atomic mass is 10.3. The van der Waals surface area contributed by atoms with Crippen LogP contribution in [-0.4, -0.2) is 20.1 Å². The molecule has 0 unspecified atom stereocenters. The maximum absolute atomic E-state index is 12.6. The smallest absolute Gasteiger partial charge is 0.241 e. The topological polar surface area (TPSA) is 89.4 Å². The molecule has 0 bridgehead atoms. The number of nitrogens with zero attached hydrogens (tertiary/aromatic N) is 2. The average Bonchev–Trinajstić information content (AvgIpc) is 2.80. The zero-order valence-electron chi connectivity index (χ0n) is 12.1. The third-order valence-electron chi connectivity index (χ3n) is 2.93. The number of anilines is 2. The van der Waals surface area contributed by atoms with Crippen molar-refractivity contribution in [3.05, 3.63) is 41.8 Å². The van der Waals surface area contributed by atoms with E-state index in [1.807, 2.05) is 6.92 Å². The zero-order chi connectivity index (χ0) is 15.5. The van der Waals surface area contributed by atoms with Gasteiger partial charge in [-0.15, -0.1) is 0 Å². The van der Waals surface area contributed by atoms with E-state index in [1.54, 1.807) is 37.3 Å². The van der Waals surface area contributed by atoms with Gasteiger partial charge in [-0.25, -0.2) is 8.42 Å². The lowest BCUT2D eigenvalue weighted by molar-refractivity contribution is 0.392. The van der Waals surface area contributed by atoms with Crippen molar-refractivity contribution in [3.8, 4) is 0 Å². The van der Waals surface area contributed by atoms with E-state index in [0.717, 1.165) is 0 Å². The third kappa shape index (κ3) is 3.75. The molecule has 0 fully saturated rings. The molecule has 6 nitrogen and oxygen atoms in total. The number of aromatic nitrogens is 1. The Balaban J connectivity index is 2.32. The number of rotatable bonds is 6. The van der Waals surface area contributed by atoms with Crippen LogP contribution in [0.2, 0.25) is 0 Å². The van der Waals surface area contributed by atoms with Gasteiger partial charge < -0.3 is 10.3 Å². The van der Waals surface area contributed by atoms with Gasteiger partial charge in [-0.1, -0.05) is 18.1 Å². The second kappa shape index (κ2) is 6.17. The highest BCUT2D eigenvalue weighted by molar-refractivity contribution is 7.92. The van der Waals surface area contributed by atoms with Crippen LogP contribution < -0.4 is 10.0 Å². The second-order valence-corrected chi connectivity index (χ2v) is 6.75. The molecule has 0 aliphatic heterocycles. The fourth-order valence-electron chi connectivity index (χ4n) is 2.06. The molecule has 114 valence electrons. The van der Waals surface area contributed by atoms with E-state index in [1.165, 1.54) is 4.31 Å². The van der Waals surface area contributed by atoms with Gasteiger partial charge in [-0.2, -0.15) is 0 Å². The number of nitrogens with two attached hydrogens (primary N) is 1. The maximum atomic E-state index is 12.6. The van der Waals surface area contributed by atoms with Crippen molar-refractivity contribution >= 4 is 21.4 Å². The Morgan fingerprint density at radius 3 is 2.67 bits per heavy atom. The third-order valence-corrected chi connectivity index (χ3v) is 4.65. The van der Waals surface area contributed by atoms with Crippen molar-refractivity contribution in [2.75, 3.05) is 16.6 Å². The van der Waals surface area contributed by atoms with Gasteiger partial charge in [0, 0.05) is 18.3 Å². The molecule has 0 aliphatic carbocycles. The molecule has 0 atom stereocenters. The first kappa shape index (κ1) is 15.4. The molecule has 2 rings (SSSR count). The largest absolute Gasteiger partial charge is 0.399 e. The van der Waals surface area contributed by atoms with Crippen LogP contribution in [0, 0.1) is 6.92 Å². The molecule has 7 heteroatoms. The maximum Gasteiger partial charge on any atom is 0.241 e. The number of nitrogen functional groups attached to an aromatic ring is 1. The average molecular weight is 309 g/mol. The first-order valence-corrected chi connectivity index (χ1v) is 8.31. The number of hydrogen-bond donors (Lipinski definition) is 1. The Labute approximate surface area is 124 Å². The van der Waals surface area contributed by atoms with Gasteiger partial charge in [-0.05, 0) is 31.5 Å². The minimum Gasteiger partial charge on any atom is -0.399 e. The van der Waals surface area contributed by atoms with Gasteiger partial charge in [0.05, 0.1) is 5.69 Å². The summed E-state index contributed by atoms with van der Waals surface area (Å²) >= 11 is 0. The standard InChI is InChI=1S/C14H19N3O3S/c1-3-7-17(14-6-4-5-12(15)9-14)21(18,19)10-13-8-11(2)20-16-13/h4-6,8-9H,3,7,10,15H2,1-2H3. The molecule has 1 heterocycles. The van der Waals surface area contributed by atoms with Crippen molar-refractivity contribution in [2.24, 2.45) is 0 Å². The van der Waals surface area contributed by atoms with Gasteiger partial charge in [-0.3, -0.25) is 4.31 Å². The van der Waals surface area contributed by atoms with Gasteiger partial charge in [0.25, 0.3) is 0 Å². The van der Waals surface area contributed by atoms with Crippen LogP contribution in [-0.2, 0) is 15.8 Å². The van der Waals surface area contributed by atoms with E-state index in [-0.39, 0.29) is 5.75 Å². The minimum absolute atomic E-state index is 0.195. The summed E-state index contributed by atoms with van der Waals surface area (Å²) in [7, 11) is -3.54. The molecule has 0 saturated carbocycles. The number of sulfonamides is 1. The van der Waals surface area contributed by atoms with Gasteiger partial charge >= 0.3 is 0 Å². The summed E-state index contributed by atoms with van der Waals surface area (Å²) in [6, 6.07) is 8.48. The first-order chi connectivity index (χ1) is 9.92. The van der Waals surface area contributed by atoms with E-state index in [9.17, 15) is 8.42 Å². The van der Waals surface area contributed by atoms with Crippen LogP contribution in [0.5, 0.6) is 0 Å². The summed E-state index contributed by atoms with van der Waals surface area (Å²) in [5, 5.41) is 3.75. The Hall–Kier alpha value is -2.02. The molecular formula is C14H19N3O3S. The van der Waals surface area contributed by atoms with E-state index < -0.39 is 10.0 Å². The van der Waals surface area contributed by atoms with Crippen LogP contribution in [0.3, 0.4) is 0 Å². The Bertz CT molecular complexity index is 710. The molecule has 0 spiro atoms. The highest BCUT2D eigenvalue weighted by Crippen LogP contribution is 2.23.